The molecule has 0 aromatic heterocycles. The maximum absolute atomic E-state index is 13.4. The molecule has 0 unspecified atom stereocenters. The molecule has 186 valence electrons. The van der Waals surface area contributed by atoms with Gasteiger partial charge in [0.05, 0.1) is 19.8 Å². The van der Waals surface area contributed by atoms with Crippen LogP contribution in [0.1, 0.15) is 27.0 Å². The van der Waals surface area contributed by atoms with E-state index in [2.05, 4.69) is 24.3 Å². The fourth-order valence-electron chi connectivity index (χ4n) is 5.32. The van der Waals surface area contributed by atoms with Gasteiger partial charge in [0, 0.05) is 27.6 Å². The molecule has 0 amide bonds. The monoisotopic (exact) mass is 498 g/mol. The van der Waals surface area contributed by atoms with Crippen molar-refractivity contribution in [1.29, 1.82) is 0 Å². The molecule has 4 nitrogen and oxygen atoms in total. The molecule has 0 N–H and O–H groups in total. The van der Waals surface area contributed by atoms with Gasteiger partial charge < -0.3 is 14.2 Å². The average Bonchev–Trinajstić information content (AvgIpc) is 3.00. The van der Waals surface area contributed by atoms with E-state index in [1.807, 2.05) is 97.1 Å². The van der Waals surface area contributed by atoms with Crippen LogP contribution in [0.4, 0.5) is 0 Å². The third-order valence-electron chi connectivity index (χ3n) is 7.11. The number of carbonyl (C=O) groups is 1. The Morgan fingerprint density at radius 2 is 1.34 bits per heavy atom. The van der Waals surface area contributed by atoms with Crippen LogP contribution in [0, 0.1) is 0 Å². The van der Waals surface area contributed by atoms with E-state index >= 15 is 0 Å². The molecule has 0 spiro atoms. The summed E-state index contributed by atoms with van der Waals surface area (Å²) < 4.78 is 18.0. The van der Waals surface area contributed by atoms with Crippen LogP contribution in [0.15, 0.2) is 115 Å². The van der Waals surface area contributed by atoms with Gasteiger partial charge in [0.2, 0.25) is 0 Å². The number of ether oxygens (including phenoxy) is 3. The normalized spacial score (nSPS) is 13.4. The lowest BCUT2D eigenvalue weighted by atomic mass is 9.81. The van der Waals surface area contributed by atoms with Gasteiger partial charge >= 0.3 is 5.97 Å². The van der Waals surface area contributed by atoms with Gasteiger partial charge in [-0.2, -0.15) is 0 Å². The van der Waals surface area contributed by atoms with Gasteiger partial charge in [-0.15, -0.1) is 0 Å². The predicted octanol–water partition coefficient (Wildman–Crippen LogP) is 7.65. The third-order valence-corrected chi connectivity index (χ3v) is 7.11. The van der Waals surface area contributed by atoms with Crippen molar-refractivity contribution in [2.75, 3.05) is 14.2 Å². The molecule has 0 saturated heterocycles. The van der Waals surface area contributed by atoms with Crippen molar-refractivity contribution >= 4 is 22.8 Å². The Kier molecular flexibility index (Phi) is 5.93. The van der Waals surface area contributed by atoms with E-state index in [0.29, 0.717) is 22.6 Å². The van der Waals surface area contributed by atoms with E-state index in [4.69, 9.17) is 14.2 Å². The Bertz CT molecular complexity index is 1620. The number of esters is 1. The number of hydrogen-bond acceptors (Lipinski definition) is 4. The minimum atomic E-state index is -0.896. The quantitative estimate of drug-likeness (QED) is 0.234. The van der Waals surface area contributed by atoms with E-state index in [-0.39, 0.29) is 0 Å². The van der Waals surface area contributed by atoms with Gasteiger partial charge in [0.25, 0.3) is 0 Å². The summed E-state index contributed by atoms with van der Waals surface area (Å²) in [6.45, 7) is 0. The first kappa shape index (κ1) is 23.6. The molecule has 0 fully saturated rings. The Hall–Kier alpha value is -4.83. The van der Waals surface area contributed by atoms with Crippen molar-refractivity contribution in [1.82, 2.24) is 0 Å². The van der Waals surface area contributed by atoms with Gasteiger partial charge in [0.1, 0.15) is 11.5 Å². The predicted molar refractivity (Wildman–Crippen MR) is 151 cm³/mol. The molecular formula is C34H26O4. The van der Waals surface area contributed by atoms with Crippen LogP contribution in [0.2, 0.25) is 0 Å². The minimum absolute atomic E-state index is 0.419. The molecule has 38 heavy (non-hydrogen) atoms. The van der Waals surface area contributed by atoms with Crippen LogP contribution >= 0.6 is 0 Å². The molecule has 1 aliphatic rings. The number of carbonyl (C=O) groups excluding carboxylic acids is 1. The average molecular weight is 499 g/mol. The molecule has 1 aliphatic heterocycles. The summed E-state index contributed by atoms with van der Waals surface area (Å²) in [5.74, 6) is 0.889. The highest BCUT2D eigenvalue weighted by Gasteiger charge is 2.39. The fraction of sp³-hybridized carbons (Fsp3) is 0.0882. The number of benzene rings is 5. The Morgan fingerprint density at radius 3 is 1.92 bits per heavy atom. The highest BCUT2D eigenvalue weighted by Crippen LogP contribution is 2.50. The second-order valence-electron chi connectivity index (χ2n) is 9.17. The Morgan fingerprint density at radius 1 is 0.737 bits per heavy atom. The second kappa shape index (κ2) is 9.56. The molecular weight excluding hydrogens is 472 g/mol. The lowest BCUT2D eigenvalue weighted by molar-refractivity contribution is 0.0600. The van der Waals surface area contributed by atoms with E-state index in [9.17, 15) is 4.79 Å². The molecule has 1 heterocycles. The largest absolute Gasteiger partial charge is 0.497 e. The summed E-state index contributed by atoms with van der Waals surface area (Å²) in [4.78, 5) is 13.4. The van der Waals surface area contributed by atoms with Crippen LogP contribution in [0.3, 0.4) is 0 Å². The fourth-order valence-corrected chi connectivity index (χ4v) is 5.32. The number of fused-ring (bicyclic) bond motifs is 3. The lowest BCUT2D eigenvalue weighted by Crippen LogP contribution is -2.34. The zero-order chi connectivity index (χ0) is 26.1. The molecule has 0 atom stereocenters. The molecule has 6 rings (SSSR count). The summed E-state index contributed by atoms with van der Waals surface area (Å²) in [5, 5.41) is 1.73. The van der Waals surface area contributed by atoms with Crippen molar-refractivity contribution in [2.45, 2.75) is 5.60 Å². The Balaban J connectivity index is 1.73. The van der Waals surface area contributed by atoms with Gasteiger partial charge in [-0.05, 0) is 41.3 Å². The van der Waals surface area contributed by atoms with Crippen LogP contribution < -0.4 is 9.47 Å². The lowest BCUT2D eigenvalue weighted by Gasteiger charge is -2.37. The molecule has 0 bridgehead atoms. The summed E-state index contributed by atoms with van der Waals surface area (Å²) in [6, 6.07) is 36.0. The van der Waals surface area contributed by atoms with Crippen molar-refractivity contribution in [3.63, 3.8) is 0 Å². The number of hydrogen-bond donors (Lipinski definition) is 0. The van der Waals surface area contributed by atoms with Crippen LogP contribution in [-0.2, 0) is 10.3 Å². The number of methoxy groups -OCH3 is 2. The maximum Gasteiger partial charge on any atom is 0.339 e. The van der Waals surface area contributed by atoms with Gasteiger partial charge in [-0.3, -0.25) is 0 Å². The minimum Gasteiger partial charge on any atom is -0.497 e. The molecule has 4 heteroatoms. The summed E-state index contributed by atoms with van der Waals surface area (Å²) in [7, 11) is 3.06. The van der Waals surface area contributed by atoms with Crippen molar-refractivity contribution < 1.29 is 19.0 Å². The van der Waals surface area contributed by atoms with Crippen LogP contribution in [-0.4, -0.2) is 20.2 Å². The van der Waals surface area contributed by atoms with Crippen molar-refractivity contribution in [3.8, 4) is 22.6 Å². The molecule has 5 aromatic carbocycles. The molecule has 0 saturated carbocycles. The highest BCUT2D eigenvalue weighted by atomic mass is 16.5. The maximum atomic E-state index is 13.4. The summed E-state index contributed by atoms with van der Waals surface area (Å²) in [5.41, 5.74) is 3.94. The summed E-state index contributed by atoms with van der Waals surface area (Å²) >= 11 is 0. The first-order valence-electron chi connectivity index (χ1n) is 12.5. The first-order chi connectivity index (χ1) is 18.7. The highest BCUT2D eigenvalue weighted by molar-refractivity contribution is 6.14. The van der Waals surface area contributed by atoms with Crippen LogP contribution in [0.25, 0.3) is 28.0 Å². The molecule has 0 radical (unpaired) electrons. The smallest absolute Gasteiger partial charge is 0.339 e. The summed E-state index contributed by atoms with van der Waals surface area (Å²) in [6.07, 6.45) is 4.03. The molecule has 0 aliphatic carbocycles. The van der Waals surface area contributed by atoms with E-state index in [0.717, 1.165) is 33.0 Å². The Labute approximate surface area is 221 Å². The standard InChI is InChI=1S/C34H26O4/c1-36-26-18-19-27-29(22-26)32-28(31(33(35)37-2)30(27)23-12-6-3-7-13-23)20-21-34(38-32,24-14-8-4-9-15-24)25-16-10-5-11-17-25/h3-22H,1-2H3. The molecule has 5 aromatic rings. The zero-order valence-corrected chi connectivity index (χ0v) is 21.2. The van der Waals surface area contributed by atoms with Crippen molar-refractivity contribution in [3.05, 3.63) is 138 Å². The van der Waals surface area contributed by atoms with Gasteiger partial charge in [-0.1, -0.05) is 91.0 Å². The third kappa shape index (κ3) is 3.73. The van der Waals surface area contributed by atoms with Crippen molar-refractivity contribution in [2.24, 2.45) is 0 Å². The van der Waals surface area contributed by atoms with E-state index < -0.39 is 11.6 Å². The van der Waals surface area contributed by atoms with E-state index in [1.54, 1.807) is 7.11 Å². The number of rotatable bonds is 5. The van der Waals surface area contributed by atoms with Crippen LogP contribution in [0.5, 0.6) is 11.5 Å². The topological polar surface area (TPSA) is 44.8 Å². The SMILES string of the molecule is COC(=O)c1c2c(c3cc(OC)ccc3c1-c1ccccc1)OC(c1ccccc1)(c1ccccc1)C=C2. The van der Waals surface area contributed by atoms with Gasteiger partial charge in [-0.25, -0.2) is 4.79 Å². The van der Waals surface area contributed by atoms with E-state index in [1.165, 1.54) is 7.11 Å². The second-order valence-corrected chi connectivity index (χ2v) is 9.17. The first-order valence-corrected chi connectivity index (χ1v) is 12.5. The zero-order valence-electron chi connectivity index (χ0n) is 21.2. The van der Waals surface area contributed by atoms with Gasteiger partial charge in [0.15, 0.2) is 5.60 Å².